The molecule has 1 heterocycles. The lowest BCUT2D eigenvalue weighted by atomic mass is 9.94. The predicted molar refractivity (Wildman–Crippen MR) is 78.1 cm³/mol. The standard InChI is InChI=1S/C15H23N3O2/c1-12(19)14-10-15(17-11-16-14)18(8-9-20-2)13-6-4-3-5-7-13/h10-11,13H,3-9H2,1-2H3. The van der Waals surface area contributed by atoms with Gasteiger partial charge >= 0.3 is 0 Å². The molecule has 2 rings (SSSR count). The van der Waals surface area contributed by atoms with Crippen molar-refractivity contribution in [3.05, 3.63) is 18.1 Å². The van der Waals surface area contributed by atoms with Crippen LogP contribution in [0.5, 0.6) is 0 Å². The van der Waals surface area contributed by atoms with E-state index in [0.29, 0.717) is 18.3 Å². The molecule has 1 aromatic rings. The zero-order valence-electron chi connectivity index (χ0n) is 12.3. The monoisotopic (exact) mass is 277 g/mol. The average molecular weight is 277 g/mol. The highest BCUT2D eigenvalue weighted by molar-refractivity contribution is 5.92. The van der Waals surface area contributed by atoms with E-state index >= 15 is 0 Å². The van der Waals surface area contributed by atoms with Crippen LogP contribution in [-0.4, -0.2) is 42.1 Å². The Morgan fingerprint density at radius 1 is 1.35 bits per heavy atom. The van der Waals surface area contributed by atoms with Crippen molar-refractivity contribution >= 4 is 11.6 Å². The lowest BCUT2D eigenvalue weighted by Gasteiger charge is -2.35. The Balaban J connectivity index is 2.20. The number of carbonyl (C=O) groups excluding carboxylic acids is 1. The third-order valence-electron chi connectivity index (χ3n) is 3.86. The minimum Gasteiger partial charge on any atom is -0.383 e. The molecule has 0 unspecified atom stereocenters. The predicted octanol–water partition coefficient (Wildman–Crippen LogP) is 2.46. The van der Waals surface area contributed by atoms with Crippen LogP contribution in [0, 0.1) is 0 Å². The van der Waals surface area contributed by atoms with Crippen LogP contribution in [0.15, 0.2) is 12.4 Å². The Labute approximate surface area is 120 Å². The third-order valence-corrected chi connectivity index (χ3v) is 3.86. The molecule has 0 amide bonds. The molecule has 0 spiro atoms. The molecule has 5 nitrogen and oxygen atoms in total. The maximum Gasteiger partial charge on any atom is 0.178 e. The lowest BCUT2D eigenvalue weighted by molar-refractivity contribution is 0.101. The topological polar surface area (TPSA) is 55.3 Å². The number of hydrogen-bond acceptors (Lipinski definition) is 5. The summed E-state index contributed by atoms with van der Waals surface area (Å²) in [7, 11) is 1.71. The summed E-state index contributed by atoms with van der Waals surface area (Å²) in [5.74, 6) is 0.818. The first-order valence-electron chi connectivity index (χ1n) is 7.31. The van der Waals surface area contributed by atoms with Gasteiger partial charge in [-0.05, 0) is 12.8 Å². The molecule has 0 radical (unpaired) electrons. The third kappa shape index (κ3) is 3.76. The molecule has 20 heavy (non-hydrogen) atoms. The van der Waals surface area contributed by atoms with Crippen LogP contribution in [0.2, 0.25) is 0 Å². The molecular weight excluding hydrogens is 254 g/mol. The lowest BCUT2D eigenvalue weighted by Crippen LogP contribution is -2.39. The summed E-state index contributed by atoms with van der Waals surface area (Å²) in [5, 5.41) is 0. The highest BCUT2D eigenvalue weighted by atomic mass is 16.5. The summed E-state index contributed by atoms with van der Waals surface area (Å²) in [5.41, 5.74) is 0.480. The van der Waals surface area contributed by atoms with Gasteiger partial charge in [0.05, 0.1) is 6.61 Å². The van der Waals surface area contributed by atoms with E-state index in [1.54, 1.807) is 13.2 Å². The summed E-state index contributed by atoms with van der Waals surface area (Å²) in [6.07, 6.45) is 7.69. The van der Waals surface area contributed by atoms with Crippen molar-refractivity contribution in [3.8, 4) is 0 Å². The van der Waals surface area contributed by atoms with Gasteiger partial charge in [0.15, 0.2) is 5.78 Å². The molecular formula is C15H23N3O2. The molecule has 0 aliphatic heterocycles. The fraction of sp³-hybridized carbons (Fsp3) is 0.667. The van der Waals surface area contributed by atoms with Crippen molar-refractivity contribution in [3.63, 3.8) is 0 Å². The van der Waals surface area contributed by atoms with E-state index in [1.165, 1.54) is 45.4 Å². The SMILES string of the molecule is COCCN(c1cc(C(C)=O)ncn1)C1CCCCC1. The summed E-state index contributed by atoms with van der Waals surface area (Å²) in [6, 6.07) is 2.29. The number of anilines is 1. The number of carbonyl (C=O) groups is 1. The maximum atomic E-state index is 11.5. The van der Waals surface area contributed by atoms with Gasteiger partial charge in [0, 0.05) is 32.7 Å². The van der Waals surface area contributed by atoms with Crippen molar-refractivity contribution < 1.29 is 9.53 Å². The van der Waals surface area contributed by atoms with Gasteiger partial charge in [0.25, 0.3) is 0 Å². The molecule has 1 aliphatic rings. The van der Waals surface area contributed by atoms with Crippen molar-refractivity contribution in [2.45, 2.75) is 45.1 Å². The number of Topliss-reactive ketones (excluding diaryl/α,β-unsaturated/α-hetero) is 1. The summed E-state index contributed by atoms with van der Waals surface area (Å²) < 4.78 is 5.21. The minimum atomic E-state index is -0.0241. The number of hydrogen-bond donors (Lipinski definition) is 0. The van der Waals surface area contributed by atoms with Gasteiger partial charge in [0.2, 0.25) is 0 Å². The maximum absolute atomic E-state index is 11.5. The van der Waals surface area contributed by atoms with Crippen LogP contribution in [0.25, 0.3) is 0 Å². The van der Waals surface area contributed by atoms with Gasteiger partial charge in [-0.2, -0.15) is 0 Å². The van der Waals surface area contributed by atoms with Crippen molar-refractivity contribution in [1.82, 2.24) is 9.97 Å². The Kier molecular flexibility index (Phi) is 5.47. The first kappa shape index (κ1) is 14.9. The number of methoxy groups -OCH3 is 1. The highest BCUT2D eigenvalue weighted by Crippen LogP contribution is 2.26. The first-order chi connectivity index (χ1) is 9.72. The Morgan fingerprint density at radius 3 is 2.75 bits per heavy atom. The fourth-order valence-corrected chi connectivity index (χ4v) is 2.76. The van der Waals surface area contributed by atoms with E-state index in [9.17, 15) is 4.79 Å². The van der Waals surface area contributed by atoms with E-state index in [2.05, 4.69) is 14.9 Å². The largest absolute Gasteiger partial charge is 0.383 e. The van der Waals surface area contributed by atoms with E-state index in [4.69, 9.17) is 4.74 Å². The van der Waals surface area contributed by atoms with Crippen LogP contribution in [-0.2, 0) is 4.74 Å². The number of ether oxygens (including phenoxy) is 1. The molecule has 1 saturated carbocycles. The van der Waals surface area contributed by atoms with Crippen LogP contribution >= 0.6 is 0 Å². The second-order valence-electron chi connectivity index (χ2n) is 5.30. The molecule has 0 atom stereocenters. The number of ketones is 1. The number of aromatic nitrogens is 2. The smallest absolute Gasteiger partial charge is 0.178 e. The van der Waals surface area contributed by atoms with Gasteiger partial charge in [-0.1, -0.05) is 19.3 Å². The van der Waals surface area contributed by atoms with Crippen molar-refractivity contribution in [1.29, 1.82) is 0 Å². The Hall–Kier alpha value is -1.49. The molecule has 0 N–H and O–H groups in total. The molecule has 1 fully saturated rings. The van der Waals surface area contributed by atoms with Gasteiger partial charge in [0.1, 0.15) is 17.8 Å². The average Bonchev–Trinajstić information content (AvgIpc) is 2.49. The Bertz CT molecular complexity index is 444. The van der Waals surface area contributed by atoms with Crippen molar-refractivity contribution in [2.24, 2.45) is 0 Å². The minimum absolute atomic E-state index is 0.0241. The van der Waals surface area contributed by atoms with Crippen molar-refractivity contribution in [2.75, 3.05) is 25.2 Å². The van der Waals surface area contributed by atoms with Crippen LogP contribution < -0.4 is 4.90 Å². The number of nitrogens with zero attached hydrogens (tertiary/aromatic N) is 3. The number of rotatable bonds is 6. The van der Waals surface area contributed by atoms with Gasteiger partial charge < -0.3 is 9.64 Å². The Morgan fingerprint density at radius 2 is 2.10 bits per heavy atom. The zero-order valence-corrected chi connectivity index (χ0v) is 12.3. The molecule has 5 heteroatoms. The molecule has 0 bridgehead atoms. The zero-order chi connectivity index (χ0) is 14.4. The van der Waals surface area contributed by atoms with E-state index in [0.717, 1.165) is 12.4 Å². The molecule has 1 aliphatic carbocycles. The van der Waals surface area contributed by atoms with E-state index in [-0.39, 0.29) is 5.78 Å². The second-order valence-corrected chi connectivity index (χ2v) is 5.30. The van der Waals surface area contributed by atoms with Gasteiger partial charge in [-0.15, -0.1) is 0 Å². The molecule has 1 aromatic heterocycles. The fourth-order valence-electron chi connectivity index (χ4n) is 2.76. The van der Waals surface area contributed by atoms with E-state index in [1.807, 2.05) is 0 Å². The van der Waals surface area contributed by atoms with Gasteiger partial charge in [-0.25, -0.2) is 9.97 Å². The van der Waals surface area contributed by atoms with Crippen LogP contribution in [0.4, 0.5) is 5.82 Å². The molecule has 0 aromatic carbocycles. The normalized spacial score (nSPS) is 16.1. The van der Waals surface area contributed by atoms with Crippen LogP contribution in [0.3, 0.4) is 0 Å². The highest BCUT2D eigenvalue weighted by Gasteiger charge is 2.22. The second kappa shape index (κ2) is 7.33. The van der Waals surface area contributed by atoms with Crippen LogP contribution in [0.1, 0.15) is 49.5 Å². The van der Waals surface area contributed by atoms with Gasteiger partial charge in [-0.3, -0.25) is 4.79 Å². The summed E-state index contributed by atoms with van der Waals surface area (Å²) >= 11 is 0. The molecule has 0 saturated heterocycles. The summed E-state index contributed by atoms with van der Waals surface area (Å²) in [4.78, 5) is 22.1. The van der Waals surface area contributed by atoms with E-state index < -0.39 is 0 Å². The summed E-state index contributed by atoms with van der Waals surface area (Å²) in [6.45, 7) is 3.00. The molecule has 110 valence electrons. The quantitative estimate of drug-likeness (QED) is 0.748. The first-order valence-corrected chi connectivity index (χ1v) is 7.31.